The molecule has 21 N–H and O–H groups in total. The van der Waals surface area contributed by atoms with Gasteiger partial charge in [0.15, 0.2) is 0 Å². The molecule has 4 atom stereocenters. The van der Waals surface area contributed by atoms with Gasteiger partial charge in [-0.1, -0.05) is 0 Å². The molecule has 2 rings (SSSR count). The molecule has 0 radical (unpaired) electrons. The monoisotopic (exact) mass is 1540 g/mol. The number of halogens is 6. The molecule has 0 aromatic heterocycles. The fraction of sp³-hybridized carbons (Fsp3) is 0.486. The molecule has 0 aliphatic carbocycles. The number of amides is 6. The minimum absolute atomic E-state index is 0.0110. The van der Waals surface area contributed by atoms with Crippen molar-refractivity contribution in [2.75, 3.05) is 75.2 Å². The molecule has 6 amide bonds. The van der Waals surface area contributed by atoms with Crippen LogP contribution in [-0.4, -0.2) is 136 Å². The van der Waals surface area contributed by atoms with Gasteiger partial charge in [-0.3, -0.25) is 28.8 Å². The second kappa shape index (κ2) is 27.2. The molecule has 0 fully saturated rings. The quantitative estimate of drug-likeness (QED) is 0.0576. The minimum Gasteiger partial charge on any atom is -0.389 e. The first-order valence-electron chi connectivity index (χ1n) is 18.6. The zero-order chi connectivity index (χ0) is 47.3. The highest BCUT2D eigenvalue weighted by Gasteiger charge is 2.35. The van der Waals surface area contributed by atoms with Gasteiger partial charge in [-0.2, -0.15) is 0 Å². The van der Waals surface area contributed by atoms with Gasteiger partial charge >= 0.3 is 0 Å². The Morgan fingerprint density at radius 3 is 0.855 bits per heavy atom. The molecular weight excluding hydrogens is 1490 g/mol. The molecule has 2 aromatic rings. The Hall–Kier alpha value is -0.720. The highest BCUT2D eigenvalue weighted by Crippen LogP contribution is 2.40. The summed E-state index contributed by atoms with van der Waals surface area (Å²) in [5.41, 5.74) is 47.0. The van der Waals surface area contributed by atoms with Crippen LogP contribution in [0.1, 0.15) is 55.3 Å². The van der Waals surface area contributed by atoms with Crippen molar-refractivity contribution in [2.24, 2.45) is 45.9 Å². The van der Waals surface area contributed by atoms with Crippen LogP contribution in [0.4, 0.5) is 11.4 Å². The SMILES string of the molecule is CC(=O)N(CC(O)CN(C(C)=O)c1c(I)c(C(=O)NCC(N)CN)c(I)c(C(=O)NCC(N)CN)c1I)c1c(I)c(C(=O)NCC(N)CN)c(I)c(C(=O)NCC(N)CN)c1I. The van der Waals surface area contributed by atoms with Crippen LogP contribution in [0, 0.1) is 21.4 Å². The molecule has 27 heteroatoms. The molecule has 0 aliphatic rings. The third-order valence-electron chi connectivity index (χ3n) is 8.89. The first-order valence-corrected chi connectivity index (χ1v) is 25.1. The van der Waals surface area contributed by atoms with Gasteiger partial charge in [0.05, 0.1) is 67.1 Å². The lowest BCUT2D eigenvalue weighted by Gasteiger charge is -2.32. The first-order chi connectivity index (χ1) is 29.0. The topological polar surface area (TPSA) is 385 Å². The van der Waals surface area contributed by atoms with Crippen LogP contribution in [0.15, 0.2) is 0 Å². The molecule has 21 nitrogen and oxygen atoms in total. The lowest BCUT2D eigenvalue weighted by atomic mass is 10.0. The Morgan fingerprint density at radius 1 is 0.468 bits per heavy atom. The third kappa shape index (κ3) is 15.2. The molecule has 0 aliphatic heterocycles. The van der Waals surface area contributed by atoms with E-state index >= 15 is 0 Å². The highest BCUT2D eigenvalue weighted by atomic mass is 127. The second-order valence-corrected chi connectivity index (χ2v) is 20.3. The number of aliphatic hydroxyl groups excluding tert-OH is 1. The lowest BCUT2D eigenvalue weighted by Crippen LogP contribution is -2.46. The molecule has 0 spiro atoms. The average molecular weight is 1540 g/mol. The van der Waals surface area contributed by atoms with Crippen molar-refractivity contribution >= 4 is 182 Å². The summed E-state index contributed by atoms with van der Waals surface area (Å²) in [5.74, 6) is -3.55. The van der Waals surface area contributed by atoms with Gasteiger partial charge in [0.2, 0.25) is 11.8 Å². The van der Waals surface area contributed by atoms with Crippen molar-refractivity contribution in [3.8, 4) is 0 Å². The minimum atomic E-state index is -1.50. The number of benzene rings is 2. The van der Waals surface area contributed by atoms with E-state index < -0.39 is 78.8 Å². The zero-order valence-electron chi connectivity index (χ0n) is 33.6. The van der Waals surface area contributed by atoms with Gasteiger partial charge in [-0.05, 0) is 136 Å². The molecule has 4 unspecified atom stereocenters. The van der Waals surface area contributed by atoms with Gasteiger partial charge in [0, 0.05) is 97.5 Å². The molecular formula is C35H52I6N14O7. The van der Waals surface area contributed by atoms with E-state index in [0.29, 0.717) is 0 Å². The lowest BCUT2D eigenvalue weighted by molar-refractivity contribution is -0.117. The van der Waals surface area contributed by atoms with E-state index in [1.54, 1.807) is 0 Å². The van der Waals surface area contributed by atoms with Crippen LogP contribution < -0.4 is 76.9 Å². The van der Waals surface area contributed by atoms with Gasteiger partial charge in [0.1, 0.15) is 0 Å². The number of hydrogen-bond donors (Lipinski definition) is 13. The van der Waals surface area contributed by atoms with E-state index in [1.807, 2.05) is 136 Å². The molecule has 346 valence electrons. The standard InChI is InChI=1S/C35H52I6N14O7/c1-13(56)54(30-26(38)20(32(59)50-7-15(46)3-42)24(36)21(27(30)39)33(60)51-8-16(47)4-43)11-19(58)12-55(14(2)57)31-28(40)22(34(61)52-9-17(48)5-44)25(37)23(29(31)41)35(62)53-10-18(49)6-45/h15-19,58H,3-12,42-49H2,1-2H3,(H,50,59)(H,51,60)(H,52,61)(H,53,62). The van der Waals surface area contributed by atoms with Gasteiger partial charge in [-0.25, -0.2) is 0 Å². The maximum atomic E-state index is 13.8. The van der Waals surface area contributed by atoms with Crippen LogP contribution in [0.25, 0.3) is 0 Å². The smallest absolute Gasteiger partial charge is 0.253 e. The molecule has 0 heterocycles. The second-order valence-electron chi connectivity index (χ2n) is 13.8. The number of carbonyl (C=O) groups excluding carboxylic acids is 6. The van der Waals surface area contributed by atoms with Crippen LogP contribution >= 0.6 is 136 Å². The largest absolute Gasteiger partial charge is 0.389 e. The fourth-order valence-corrected chi connectivity index (χ4v) is 14.8. The maximum absolute atomic E-state index is 13.8. The van der Waals surface area contributed by atoms with Crippen molar-refractivity contribution in [3.05, 3.63) is 43.7 Å². The van der Waals surface area contributed by atoms with Gasteiger partial charge < -0.3 is 82.0 Å². The Balaban J connectivity index is 2.84. The van der Waals surface area contributed by atoms with E-state index in [9.17, 15) is 33.9 Å². The number of aliphatic hydroxyl groups is 1. The summed E-state index contributed by atoms with van der Waals surface area (Å²) in [4.78, 5) is 84.8. The molecule has 0 saturated carbocycles. The van der Waals surface area contributed by atoms with Crippen molar-refractivity contribution in [3.63, 3.8) is 0 Å². The van der Waals surface area contributed by atoms with E-state index in [1.165, 1.54) is 23.6 Å². The van der Waals surface area contributed by atoms with Crippen molar-refractivity contribution < 1.29 is 33.9 Å². The van der Waals surface area contributed by atoms with E-state index in [4.69, 9.17) is 45.9 Å². The summed E-state index contributed by atoms with van der Waals surface area (Å²) in [5, 5.41) is 22.8. The van der Waals surface area contributed by atoms with E-state index in [0.717, 1.165) is 0 Å². The number of rotatable bonds is 22. The highest BCUT2D eigenvalue weighted by molar-refractivity contribution is 14.1. The summed E-state index contributed by atoms with van der Waals surface area (Å²) in [6.45, 7) is 1.99. The number of hydrogen-bond acceptors (Lipinski definition) is 15. The predicted molar refractivity (Wildman–Crippen MR) is 289 cm³/mol. The third-order valence-corrected chi connectivity index (χ3v) is 15.3. The number of carbonyl (C=O) groups is 6. The van der Waals surface area contributed by atoms with E-state index in [2.05, 4.69) is 21.3 Å². The average Bonchev–Trinajstić information content (AvgIpc) is 3.21. The van der Waals surface area contributed by atoms with Crippen LogP contribution in [0.2, 0.25) is 0 Å². The fourth-order valence-electron chi connectivity index (χ4n) is 5.39. The number of anilines is 2. The Morgan fingerprint density at radius 2 is 0.677 bits per heavy atom. The summed E-state index contributed by atoms with van der Waals surface area (Å²) in [6.07, 6.45) is -1.50. The number of nitrogens with zero attached hydrogens (tertiary/aromatic N) is 2. The maximum Gasteiger partial charge on any atom is 0.253 e. The molecule has 62 heavy (non-hydrogen) atoms. The Kier molecular flexibility index (Phi) is 25.2. The summed E-state index contributed by atoms with van der Waals surface area (Å²) >= 11 is 11.4. The van der Waals surface area contributed by atoms with E-state index in [-0.39, 0.29) is 107 Å². The normalized spacial score (nSPS) is 13.6. The zero-order valence-corrected chi connectivity index (χ0v) is 46.6. The predicted octanol–water partition coefficient (Wildman–Crippen LogP) is -1.86. The summed E-state index contributed by atoms with van der Waals surface area (Å²) in [6, 6.07) is -2.26. The molecule has 2 aromatic carbocycles. The van der Waals surface area contributed by atoms with Gasteiger partial charge in [0.25, 0.3) is 23.6 Å². The summed E-state index contributed by atoms with van der Waals surface area (Å²) < 4.78 is 1.62. The Bertz CT molecular complexity index is 1760. The van der Waals surface area contributed by atoms with Crippen molar-refractivity contribution in [1.29, 1.82) is 0 Å². The summed E-state index contributed by atoms with van der Waals surface area (Å²) in [7, 11) is 0. The Labute approximate surface area is 441 Å². The van der Waals surface area contributed by atoms with Crippen LogP contribution in [-0.2, 0) is 9.59 Å². The first kappa shape index (κ1) is 57.4. The molecule has 0 saturated heterocycles. The van der Waals surface area contributed by atoms with Gasteiger partial charge in [-0.15, -0.1) is 0 Å². The van der Waals surface area contributed by atoms with Crippen LogP contribution in [0.5, 0.6) is 0 Å². The van der Waals surface area contributed by atoms with Crippen molar-refractivity contribution in [2.45, 2.75) is 44.1 Å². The number of nitrogens with two attached hydrogens (primary N) is 8. The molecule has 0 bridgehead atoms. The number of nitrogens with one attached hydrogen (secondary N) is 4. The van der Waals surface area contributed by atoms with Crippen molar-refractivity contribution in [1.82, 2.24) is 21.3 Å². The van der Waals surface area contributed by atoms with Crippen LogP contribution in [0.3, 0.4) is 0 Å².